The minimum absolute atomic E-state index is 0.0400. The maximum atomic E-state index is 13.8. The highest BCUT2D eigenvalue weighted by Crippen LogP contribution is 2.26. The normalized spacial score (nSPS) is 18.1. The van der Waals surface area contributed by atoms with Crippen LogP contribution in [0, 0.1) is 5.92 Å². The van der Waals surface area contributed by atoms with Crippen molar-refractivity contribution in [2.75, 3.05) is 0 Å². The number of carbonyl (C=O) groups is 1. The zero-order chi connectivity index (χ0) is 12.1. The smallest absolute Gasteiger partial charge is 0.161 e. The van der Waals surface area contributed by atoms with Crippen molar-refractivity contribution < 1.29 is 9.18 Å². The summed E-state index contributed by atoms with van der Waals surface area (Å²) >= 11 is 0. The molecule has 1 aromatic carbocycles. The van der Waals surface area contributed by atoms with E-state index < -0.39 is 5.83 Å². The molecule has 0 bridgehead atoms. The maximum absolute atomic E-state index is 13.8. The largest absolute Gasteiger partial charge is 0.294 e. The summed E-state index contributed by atoms with van der Waals surface area (Å²) in [5, 5.41) is 0. The quantitative estimate of drug-likeness (QED) is 0.715. The predicted molar refractivity (Wildman–Crippen MR) is 67.1 cm³/mol. The van der Waals surface area contributed by atoms with Gasteiger partial charge in [-0.05, 0) is 12.8 Å². The van der Waals surface area contributed by atoms with Gasteiger partial charge in [0.1, 0.15) is 5.83 Å². The molecular weight excluding hydrogens is 215 g/mol. The fraction of sp³-hybridized carbons (Fsp3) is 0.400. The van der Waals surface area contributed by atoms with Gasteiger partial charge >= 0.3 is 0 Å². The average molecular weight is 232 g/mol. The van der Waals surface area contributed by atoms with Crippen LogP contribution in [0.2, 0.25) is 0 Å². The second-order valence-corrected chi connectivity index (χ2v) is 4.60. The lowest BCUT2D eigenvalue weighted by Gasteiger charge is -2.18. The fourth-order valence-electron chi connectivity index (χ4n) is 2.31. The molecule has 0 heterocycles. The number of ketones is 1. The summed E-state index contributed by atoms with van der Waals surface area (Å²) in [5.41, 5.74) is 0.483. The molecule has 1 fully saturated rings. The minimum atomic E-state index is -0.416. The molecule has 17 heavy (non-hydrogen) atoms. The van der Waals surface area contributed by atoms with Crippen LogP contribution >= 0.6 is 0 Å². The van der Waals surface area contributed by atoms with Crippen LogP contribution in [-0.2, 0) is 4.79 Å². The van der Waals surface area contributed by atoms with Gasteiger partial charge in [-0.1, -0.05) is 49.6 Å². The molecule has 90 valence electrons. The summed E-state index contributed by atoms with van der Waals surface area (Å²) < 4.78 is 13.8. The van der Waals surface area contributed by atoms with E-state index >= 15 is 0 Å². The van der Waals surface area contributed by atoms with Gasteiger partial charge in [-0.2, -0.15) is 0 Å². The Morgan fingerprint density at radius 1 is 1.12 bits per heavy atom. The molecule has 1 saturated carbocycles. The van der Waals surface area contributed by atoms with Crippen molar-refractivity contribution in [3.63, 3.8) is 0 Å². The van der Waals surface area contributed by atoms with E-state index in [1.54, 1.807) is 24.3 Å². The number of allylic oxidation sites excluding steroid dienone is 1. The van der Waals surface area contributed by atoms with Gasteiger partial charge in [0.25, 0.3) is 0 Å². The lowest BCUT2D eigenvalue weighted by atomic mass is 9.86. The fourth-order valence-corrected chi connectivity index (χ4v) is 2.31. The van der Waals surface area contributed by atoms with E-state index in [1.165, 1.54) is 12.5 Å². The van der Waals surface area contributed by atoms with Gasteiger partial charge < -0.3 is 0 Å². The van der Waals surface area contributed by atoms with Crippen LogP contribution in [0.25, 0.3) is 5.83 Å². The summed E-state index contributed by atoms with van der Waals surface area (Å²) in [6.07, 6.45) is 6.39. The Morgan fingerprint density at radius 3 is 2.41 bits per heavy atom. The zero-order valence-corrected chi connectivity index (χ0v) is 9.86. The van der Waals surface area contributed by atoms with Gasteiger partial charge in [0.05, 0.1) is 0 Å². The molecule has 1 aliphatic rings. The first kappa shape index (κ1) is 12.0. The third-order valence-corrected chi connectivity index (χ3v) is 3.33. The Morgan fingerprint density at radius 2 is 1.76 bits per heavy atom. The monoisotopic (exact) mass is 232 g/mol. The number of rotatable bonds is 3. The number of benzene rings is 1. The SMILES string of the molecule is O=C(/C=C(\F)c1ccccc1)C1CCCCC1. The molecule has 0 radical (unpaired) electrons. The lowest BCUT2D eigenvalue weighted by molar-refractivity contribution is -0.119. The van der Waals surface area contributed by atoms with Crippen molar-refractivity contribution in [3.8, 4) is 0 Å². The number of halogens is 1. The molecule has 0 spiro atoms. The number of hydrogen-bond acceptors (Lipinski definition) is 1. The highest BCUT2D eigenvalue weighted by Gasteiger charge is 2.20. The third kappa shape index (κ3) is 3.26. The third-order valence-electron chi connectivity index (χ3n) is 3.33. The molecule has 0 N–H and O–H groups in total. The van der Waals surface area contributed by atoms with Crippen LogP contribution in [0.3, 0.4) is 0 Å². The second kappa shape index (κ2) is 5.76. The van der Waals surface area contributed by atoms with Crippen LogP contribution in [0.15, 0.2) is 36.4 Å². The van der Waals surface area contributed by atoms with E-state index in [9.17, 15) is 9.18 Å². The van der Waals surface area contributed by atoms with Gasteiger partial charge in [-0.15, -0.1) is 0 Å². The summed E-state index contributed by atoms with van der Waals surface area (Å²) in [7, 11) is 0. The molecule has 2 rings (SSSR count). The molecule has 0 amide bonds. The van der Waals surface area contributed by atoms with Crippen LogP contribution in [0.1, 0.15) is 37.7 Å². The first-order valence-corrected chi connectivity index (χ1v) is 6.24. The Kier molecular flexibility index (Phi) is 4.08. The van der Waals surface area contributed by atoms with E-state index in [1.807, 2.05) is 6.07 Å². The summed E-state index contributed by atoms with van der Waals surface area (Å²) in [4.78, 5) is 11.9. The minimum Gasteiger partial charge on any atom is -0.294 e. The van der Waals surface area contributed by atoms with Crippen LogP contribution in [-0.4, -0.2) is 5.78 Å². The molecule has 1 nitrogen and oxygen atoms in total. The molecule has 1 aromatic rings. The van der Waals surface area contributed by atoms with Gasteiger partial charge in [-0.3, -0.25) is 4.79 Å². The van der Waals surface area contributed by atoms with Crippen molar-refractivity contribution in [2.24, 2.45) is 5.92 Å². The standard InChI is InChI=1S/C15H17FO/c16-14(12-7-3-1-4-8-12)11-15(17)13-9-5-2-6-10-13/h1,3-4,7-8,11,13H,2,5-6,9-10H2/b14-11-. The number of carbonyl (C=O) groups excluding carboxylic acids is 1. The molecule has 2 heteroatoms. The van der Waals surface area contributed by atoms with Gasteiger partial charge in [0, 0.05) is 17.6 Å². The van der Waals surface area contributed by atoms with Crippen molar-refractivity contribution >= 4 is 11.6 Å². The molecule has 0 atom stereocenters. The summed E-state index contributed by atoms with van der Waals surface area (Å²) in [5.74, 6) is -0.426. The zero-order valence-electron chi connectivity index (χ0n) is 9.86. The topological polar surface area (TPSA) is 17.1 Å². The highest BCUT2D eigenvalue weighted by molar-refractivity contribution is 5.97. The Bertz CT molecular complexity index is 402. The van der Waals surface area contributed by atoms with Crippen LogP contribution in [0.4, 0.5) is 4.39 Å². The molecule has 0 saturated heterocycles. The number of hydrogen-bond donors (Lipinski definition) is 0. The molecule has 0 unspecified atom stereocenters. The Hall–Kier alpha value is -1.44. The summed E-state index contributed by atoms with van der Waals surface area (Å²) in [6, 6.07) is 8.74. The average Bonchev–Trinajstić information content (AvgIpc) is 2.40. The van der Waals surface area contributed by atoms with E-state index in [0.29, 0.717) is 5.56 Å². The van der Waals surface area contributed by atoms with E-state index in [-0.39, 0.29) is 11.7 Å². The first-order valence-electron chi connectivity index (χ1n) is 6.24. The molecular formula is C15H17FO. The maximum Gasteiger partial charge on any atom is 0.161 e. The van der Waals surface area contributed by atoms with Crippen molar-refractivity contribution in [1.82, 2.24) is 0 Å². The Labute approximate surface area is 101 Å². The van der Waals surface area contributed by atoms with Crippen molar-refractivity contribution in [1.29, 1.82) is 0 Å². The first-order chi connectivity index (χ1) is 8.27. The molecule has 1 aliphatic carbocycles. The molecule has 0 aliphatic heterocycles. The molecule has 0 aromatic heterocycles. The summed E-state index contributed by atoms with van der Waals surface area (Å²) in [6.45, 7) is 0. The van der Waals surface area contributed by atoms with Gasteiger partial charge in [0.15, 0.2) is 5.78 Å². The highest BCUT2D eigenvalue weighted by atomic mass is 19.1. The predicted octanol–water partition coefficient (Wildman–Crippen LogP) is 4.15. The van der Waals surface area contributed by atoms with E-state index in [0.717, 1.165) is 25.7 Å². The van der Waals surface area contributed by atoms with E-state index in [4.69, 9.17) is 0 Å². The second-order valence-electron chi connectivity index (χ2n) is 4.60. The Balaban J connectivity index is 2.05. The van der Waals surface area contributed by atoms with Gasteiger partial charge in [-0.25, -0.2) is 4.39 Å². The van der Waals surface area contributed by atoms with Crippen molar-refractivity contribution in [2.45, 2.75) is 32.1 Å². The van der Waals surface area contributed by atoms with E-state index in [2.05, 4.69) is 0 Å². The lowest BCUT2D eigenvalue weighted by Crippen LogP contribution is -2.15. The van der Waals surface area contributed by atoms with Crippen LogP contribution < -0.4 is 0 Å². The van der Waals surface area contributed by atoms with Crippen molar-refractivity contribution in [3.05, 3.63) is 42.0 Å². The van der Waals surface area contributed by atoms with Crippen LogP contribution in [0.5, 0.6) is 0 Å². The van der Waals surface area contributed by atoms with Gasteiger partial charge in [0.2, 0.25) is 0 Å².